The van der Waals surface area contributed by atoms with E-state index in [9.17, 15) is 0 Å². The molecule has 9 aromatic rings. The Labute approximate surface area is 382 Å². The van der Waals surface area contributed by atoms with Crippen molar-refractivity contribution in [3.05, 3.63) is 242 Å². The van der Waals surface area contributed by atoms with Crippen LogP contribution in [-0.2, 0) is 11.1 Å². The van der Waals surface area contributed by atoms with Crippen molar-refractivity contribution in [1.82, 2.24) is 0 Å². The minimum atomic E-state index is -2.20. The largest absolute Gasteiger partial charge is 0.530 e. The van der Waals surface area contributed by atoms with Crippen LogP contribution in [0.2, 0.25) is 0 Å². The molecule has 0 radical (unpaired) electrons. The Morgan fingerprint density at radius 2 is 0.600 bits per heavy atom. The van der Waals surface area contributed by atoms with E-state index >= 15 is 0 Å². The highest BCUT2D eigenvalue weighted by Crippen LogP contribution is 2.52. The molecule has 0 spiro atoms. The summed E-state index contributed by atoms with van der Waals surface area (Å²) in [5, 5.41) is 0. The van der Waals surface area contributed by atoms with Gasteiger partial charge in [-0.15, -0.1) is 0 Å². The molecule has 0 bridgehead atoms. The molecule has 7 nitrogen and oxygen atoms in total. The van der Waals surface area contributed by atoms with Crippen LogP contribution in [-0.4, -0.2) is 7.11 Å². The van der Waals surface area contributed by atoms with Gasteiger partial charge < -0.3 is 27.4 Å². The molecule has 0 heterocycles. The quantitative estimate of drug-likeness (QED) is 0.0795. The SMILES string of the molecule is COc1cccc(COP(Oc2ccccc2-c2ccccc2)Oc2ccccc2-c2ccccc2)c1OP(Oc1ccccc1-c1ccccc1)Oc1ccccc1-c1ccccc1. The summed E-state index contributed by atoms with van der Waals surface area (Å²) in [6.45, 7) is 0.0175. The van der Waals surface area contributed by atoms with Gasteiger partial charge in [-0.25, -0.2) is 0 Å². The van der Waals surface area contributed by atoms with E-state index in [1.807, 2.05) is 212 Å². The van der Waals surface area contributed by atoms with Gasteiger partial charge in [-0.2, -0.15) is 0 Å². The smallest absolute Gasteiger partial charge is 0.493 e. The summed E-state index contributed by atoms with van der Waals surface area (Å²) in [7, 11) is -2.69. The normalized spacial score (nSPS) is 10.9. The van der Waals surface area contributed by atoms with Gasteiger partial charge in [0, 0.05) is 27.8 Å². The molecule has 0 saturated heterocycles. The second kappa shape index (κ2) is 21.3. The molecule has 9 rings (SSSR count). The molecule has 65 heavy (non-hydrogen) atoms. The van der Waals surface area contributed by atoms with Gasteiger partial charge in [0.15, 0.2) is 11.5 Å². The van der Waals surface area contributed by atoms with E-state index in [0.29, 0.717) is 40.1 Å². The second-order valence-electron chi connectivity index (χ2n) is 14.6. The van der Waals surface area contributed by atoms with Crippen LogP contribution in [0, 0.1) is 0 Å². The lowest BCUT2D eigenvalue weighted by molar-refractivity contribution is 0.253. The molecule has 0 aromatic heterocycles. The van der Waals surface area contributed by atoms with Gasteiger partial charge >= 0.3 is 17.2 Å². The molecule has 0 amide bonds. The highest BCUT2D eigenvalue weighted by molar-refractivity contribution is 7.43. The summed E-state index contributed by atoms with van der Waals surface area (Å²) in [4.78, 5) is 0. The maximum absolute atomic E-state index is 6.92. The Hall–Kier alpha value is -7.40. The van der Waals surface area contributed by atoms with Crippen LogP contribution in [0.3, 0.4) is 0 Å². The van der Waals surface area contributed by atoms with Crippen molar-refractivity contribution >= 4 is 17.2 Å². The zero-order valence-corrected chi connectivity index (χ0v) is 37.3. The minimum Gasteiger partial charge on any atom is -0.493 e. The third-order valence-electron chi connectivity index (χ3n) is 10.4. The number of para-hydroxylation sites is 5. The maximum Gasteiger partial charge on any atom is 0.530 e. The summed E-state index contributed by atoms with van der Waals surface area (Å²) in [6.07, 6.45) is 0. The van der Waals surface area contributed by atoms with Gasteiger partial charge in [0.05, 0.1) is 13.7 Å². The molecule has 0 aliphatic heterocycles. The molecular formula is C56H44O7P2. The summed E-state index contributed by atoms with van der Waals surface area (Å²) in [5.41, 5.74) is 8.23. The van der Waals surface area contributed by atoms with E-state index in [-0.39, 0.29) is 6.61 Å². The third-order valence-corrected chi connectivity index (χ3v) is 12.4. The maximum atomic E-state index is 6.92. The van der Waals surface area contributed by atoms with Crippen molar-refractivity contribution in [2.24, 2.45) is 0 Å². The standard InChI is InChI=1S/C56H44O7P2/c1-57-55-40-22-31-46(41-58-64(59-51-36-18-14-32-47(51)42-23-6-2-7-24-42)60-52-37-19-15-33-48(52)43-25-8-3-9-26-43)56(55)63-65(61-53-38-20-16-34-49(53)44-27-10-4-11-28-44)62-54-39-21-17-35-50(54)45-29-12-5-13-30-45/h2-40H,41H2,1H3. The van der Waals surface area contributed by atoms with E-state index < -0.39 is 17.2 Å². The van der Waals surface area contributed by atoms with Gasteiger partial charge in [0.2, 0.25) is 0 Å². The molecule has 0 atom stereocenters. The van der Waals surface area contributed by atoms with E-state index in [1.165, 1.54) is 0 Å². The van der Waals surface area contributed by atoms with E-state index in [2.05, 4.69) is 24.3 Å². The van der Waals surface area contributed by atoms with Crippen LogP contribution < -0.4 is 27.4 Å². The summed E-state index contributed by atoms with van der Waals surface area (Å²) >= 11 is 0. The summed E-state index contributed by atoms with van der Waals surface area (Å²) in [5.74, 6) is 3.27. The van der Waals surface area contributed by atoms with Gasteiger partial charge in [0.25, 0.3) is 0 Å². The summed E-state index contributed by atoms with van der Waals surface area (Å²) in [6, 6.07) is 77.5. The van der Waals surface area contributed by atoms with Crippen LogP contribution in [0.15, 0.2) is 237 Å². The topological polar surface area (TPSA) is 64.6 Å². The van der Waals surface area contributed by atoms with Crippen LogP contribution >= 0.6 is 17.2 Å². The number of hydrogen-bond donors (Lipinski definition) is 0. The van der Waals surface area contributed by atoms with Crippen LogP contribution in [0.1, 0.15) is 5.56 Å². The first kappa shape index (κ1) is 42.9. The number of benzene rings is 9. The zero-order chi connectivity index (χ0) is 44.0. The first-order valence-electron chi connectivity index (χ1n) is 21.1. The van der Waals surface area contributed by atoms with Crippen molar-refractivity contribution in [1.29, 1.82) is 0 Å². The lowest BCUT2D eigenvalue weighted by Crippen LogP contribution is -2.07. The molecule has 0 saturated carbocycles. The predicted octanol–water partition coefficient (Wildman–Crippen LogP) is 16.0. The lowest BCUT2D eigenvalue weighted by Gasteiger charge is -2.24. The zero-order valence-electron chi connectivity index (χ0n) is 35.5. The van der Waals surface area contributed by atoms with Crippen molar-refractivity contribution < 1.29 is 31.9 Å². The van der Waals surface area contributed by atoms with Crippen LogP contribution in [0.25, 0.3) is 44.5 Å². The molecule has 0 N–H and O–H groups in total. The average Bonchev–Trinajstić information content (AvgIpc) is 3.37. The molecule has 0 aliphatic rings. The minimum absolute atomic E-state index is 0.0175. The number of methoxy groups -OCH3 is 1. The monoisotopic (exact) mass is 890 g/mol. The Bertz CT molecular complexity index is 2750. The Kier molecular flexibility index (Phi) is 14.1. The van der Waals surface area contributed by atoms with Crippen molar-refractivity contribution in [3.8, 4) is 79.0 Å². The fourth-order valence-electron chi connectivity index (χ4n) is 7.19. The predicted molar refractivity (Wildman–Crippen MR) is 262 cm³/mol. The molecular weight excluding hydrogens is 847 g/mol. The molecule has 320 valence electrons. The van der Waals surface area contributed by atoms with E-state index in [0.717, 1.165) is 44.5 Å². The van der Waals surface area contributed by atoms with Gasteiger partial charge in [0.1, 0.15) is 23.0 Å². The Morgan fingerprint density at radius 3 is 0.954 bits per heavy atom. The van der Waals surface area contributed by atoms with Crippen molar-refractivity contribution in [2.45, 2.75) is 6.61 Å². The Morgan fingerprint density at radius 1 is 0.292 bits per heavy atom. The lowest BCUT2D eigenvalue weighted by atomic mass is 10.1. The molecule has 9 heteroatoms. The molecule has 0 fully saturated rings. The van der Waals surface area contributed by atoms with Gasteiger partial charge in [-0.05, 0) is 52.6 Å². The van der Waals surface area contributed by atoms with Gasteiger partial charge in [-0.1, -0.05) is 206 Å². The second-order valence-corrected chi connectivity index (χ2v) is 16.6. The molecule has 0 aliphatic carbocycles. The van der Waals surface area contributed by atoms with E-state index in [4.69, 9.17) is 31.9 Å². The van der Waals surface area contributed by atoms with Crippen LogP contribution in [0.4, 0.5) is 0 Å². The third kappa shape index (κ3) is 10.7. The number of hydrogen-bond acceptors (Lipinski definition) is 7. The average molecular weight is 891 g/mol. The molecule has 9 aromatic carbocycles. The number of rotatable bonds is 18. The highest BCUT2D eigenvalue weighted by Gasteiger charge is 2.28. The van der Waals surface area contributed by atoms with Gasteiger partial charge in [-0.3, -0.25) is 4.52 Å². The highest BCUT2D eigenvalue weighted by atomic mass is 31.2. The first-order chi connectivity index (χ1) is 32.2. The first-order valence-corrected chi connectivity index (χ1v) is 23.3. The summed E-state index contributed by atoms with van der Waals surface area (Å²) < 4.78 is 46.8. The molecule has 0 unspecified atom stereocenters. The van der Waals surface area contributed by atoms with E-state index in [1.54, 1.807) is 7.11 Å². The van der Waals surface area contributed by atoms with Crippen LogP contribution in [0.5, 0.6) is 34.5 Å². The van der Waals surface area contributed by atoms with Crippen molar-refractivity contribution in [2.75, 3.05) is 7.11 Å². The number of ether oxygens (including phenoxy) is 1. The Balaban J connectivity index is 1.07. The van der Waals surface area contributed by atoms with Crippen molar-refractivity contribution in [3.63, 3.8) is 0 Å². The fourth-order valence-corrected chi connectivity index (χ4v) is 9.33. The fraction of sp³-hybridized carbons (Fsp3) is 0.0357.